The second-order valence-electron chi connectivity index (χ2n) is 7.64. The highest BCUT2D eigenvalue weighted by atomic mass is 16.5. The Morgan fingerprint density at radius 2 is 2.00 bits per heavy atom. The van der Waals surface area contributed by atoms with Crippen molar-refractivity contribution < 1.29 is 9.63 Å². The molecule has 26 heavy (non-hydrogen) atoms. The van der Waals surface area contributed by atoms with Crippen molar-refractivity contribution in [2.75, 3.05) is 18.0 Å². The van der Waals surface area contributed by atoms with E-state index >= 15 is 0 Å². The van der Waals surface area contributed by atoms with Crippen LogP contribution in [0.1, 0.15) is 44.7 Å². The van der Waals surface area contributed by atoms with Crippen molar-refractivity contribution in [3.63, 3.8) is 0 Å². The molecule has 1 atom stereocenters. The van der Waals surface area contributed by atoms with Crippen molar-refractivity contribution in [2.24, 2.45) is 0 Å². The lowest BCUT2D eigenvalue weighted by Crippen LogP contribution is -2.25. The average molecular weight is 358 g/mol. The van der Waals surface area contributed by atoms with Crippen molar-refractivity contribution in [3.05, 3.63) is 17.5 Å². The maximum atomic E-state index is 9.91. The molecule has 0 radical (unpaired) electrons. The largest absolute Gasteiger partial charge is 0.391 e. The second-order valence-corrected chi connectivity index (χ2v) is 7.64. The van der Waals surface area contributed by atoms with Crippen LogP contribution in [0.2, 0.25) is 0 Å². The number of aromatic nitrogens is 7. The van der Waals surface area contributed by atoms with Gasteiger partial charge < -0.3 is 14.5 Å². The van der Waals surface area contributed by atoms with Crippen molar-refractivity contribution in [1.29, 1.82) is 0 Å². The summed E-state index contributed by atoms with van der Waals surface area (Å²) in [6.45, 7) is 9.47. The smallest absolute Gasteiger partial charge is 0.223 e. The topological polar surface area (TPSA) is 119 Å². The van der Waals surface area contributed by atoms with Gasteiger partial charge in [0.1, 0.15) is 12.4 Å². The van der Waals surface area contributed by atoms with Crippen LogP contribution >= 0.6 is 0 Å². The van der Waals surface area contributed by atoms with Crippen molar-refractivity contribution in [3.8, 4) is 0 Å². The normalized spacial score (nSPS) is 18.2. The third-order valence-electron chi connectivity index (χ3n) is 4.26. The minimum absolute atomic E-state index is 0.226. The number of nitrogens with zero attached hydrogens (tertiary/aromatic N) is 8. The number of hydrogen-bond donors (Lipinski definition) is 1. The highest BCUT2D eigenvalue weighted by Crippen LogP contribution is 2.28. The van der Waals surface area contributed by atoms with Gasteiger partial charge in [-0.15, -0.1) is 10.2 Å². The maximum Gasteiger partial charge on any atom is 0.223 e. The lowest BCUT2D eigenvalue weighted by atomic mass is 9.96. The molecule has 4 heterocycles. The number of β-amino-alcohol motifs (C(OH)–C–C–N with tert-alkyl or cyclic N) is 1. The Labute approximate surface area is 150 Å². The van der Waals surface area contributed by atoms with E-state index in [-0.39, 0.29) is 11.5 Å². The Morgan fingerprint density at radius 3 is 2.62 bits per heavy atom. The fourth-order valence-electron chi connectivity index (χ4n) is 2.93. The van der Waals surface area contributed by atoms with E-state index in [9.17, 15) is 5.11 Å². The Hall–Kier alpha value is -2.62. The molecule has 3 aromatic rings. The molecule has 10 nitrogen and oxygen atoms in total. The molecule has 4 rings (SSSR count). The highest BCUT2D eigenvalue weighted by Gasteiger charge is 2.28. The summed E-state index contributed by atoms with van der Waals surface area (Å²) in [5.74, 6) is 2.42. The van der Waals surface area contributed by atoms with Crippen LogP contribution in [0.5, 0.6) is 0 Å². The number of aliphatic hydroxyl groups is 1. The molecule has 0 saturated carbocycles. The van der Waals surface area contributed by atoms with Gasteiger partial charge in [-0.1, -0.05) is 25.9 Å². The van der Waals surface area contributed by atoms with Gasteiger partial charge in [-0.3, -0.25) is 0 Å². The molecule has 0 amide bonds. The van der Waals surface area contributed by atoms with Gasteiger partial charge in [0.15, 0.2) is 17.2 Å². The first kappa shape index (κ1) is 16.8. The van der Waals surface area contributed by atoms with Crippen LogP contribution in [0, 0.1) is 6.92 Å². The van der Waals surface area contributed by atoms with E-state index in [4.69, 9.17) is 9.51 Å². The summed E-state index contributed by atoms with van der Waals surface area (Å²) in [5.41, 5.74) is 0.921. The predicted molar refractivity (Wildman–Crippen MR) is 92.8 cm³/mol. The van der Waals surface area contributed by atoms with Gasteiger partial charge in [-0.25, -0.2) is 9.97 Å². The fourth-order valence-corrected chi connectivity index (χ4v) is 2.93. The molecule has 1 aliphatic rings. The lowest BCUT2D eigenvalue weighted by Gasteiger charge is -2.21. The molecular formula is C16H22N8O2. The van der Waals surface area contributed by atoms with Crippen LogP contribution < -0.4 is 4.90 Å². The average Bonchev–Trinajstić information content (AvgIpc) is 3.25. The molecule has 0 spiro atoms. The molecule has 1 N–H and O–H groups in total. The molecule has 138 valence electrons. The molecule has 3 aromatic heterocycles. The molecule has 0 bridgehead atoms. The van der Waals surface area contributed by atoms with Gasteiger partial charge >= 0.3 is 0 Å². The number of aliphatic hydroxyl groups excluding tert-OH is 1. The molecular weight excluding hydrogens is 336 g/mol. The van der Waals surface area contributed by atoms with Gasteiger partial charge in [0.05, 0.1) is 6.10 Å². The Bertz CT molecular complexity index is 942. The van der Waals surface area contributed by atoms with Crippen LogP contribution in [0.25, 0.3) is 11.2 Å². The molecule has 0 unspecified atom stereocenters. The van der Waals surface area contributed by atoms with Crippen molar-refractivity contribution >= 4 is 17.0 Å². The highest BCUT2D eigenvalue weighted by molar-refractivity contribution is 5.82. The molecule has 10 heteroatoms. The summed E-state index contributed by atoms with van der Waals surface area (Å²) >= 11 is 0. The molecule has 1 saturated heterocycles. The van der Waals surface area contributed by atoms with Crippen LogP contribution in [0.3, 0.4) is 0 Å². The third-order valence-corrected chi connectivity index (χ3v) is 4.26. The molecule has 0 aliphatic carbocycles. The van der Waals surface area contributed by atoms with Crippen molar-refractivity contribution in [1.82, 2.24) is 35.1 Å². The summed E-state index contributed by atoms with van der Waals surface area (Å²) in [6.07, 6.45) is 0.363. The van der Waals surface area contributed by atoms with Gasteiger partial charge in [0.2, 0.25) is 11.5 Å². The van der Waals surface area contributed by atoms with E-state index in [1.807, 2.05) is 4.90 Å². The first-order valence-electron chi connectivity index (χ1n) is 8.65. The zero-order valence-electron chi connectivity index (χ0n) is 15.3. The summed E-state index contributed by atoms with van der Waals surface area (Å²) < 4.78 is 5.00. The van der Waals surface area contributed by atoms with Crippen LogP contribution in [-0.2, 0) is 12.0 Å². The maximum absolute atomic E-state index is 9.91. The van der Waals surface area contributed by atoms with E-state index in [1.54, 1.807) is 6.92 Å². The van der Waals surface area contributed by atoms with Crippen molar-refractivity contribution in [2.45, 2.75) is 52.2 Å². The SMILES string of the molecule is Cc1nc(Cn2nc3nc(C(C)(C)C)nc(N4CC[C@H](O)C4)c3n2)no1. The molecule has 0 aromatic carbocycles. The van der Waals surface area contributed by atoms with E-state index in [0.717, 1.165) is 6.54 Å². The van der Waals surface area contributed by atoms with E-state index < -0.39 is 0 Å². The summed E-state index contributed by atoms with van der Waals surface area (Å²) in [6, 6.07) is 0. The summed E-state index contributed by atoms with van der Waals surface area (Å²) in [4.78, 5) is 17.1. The monoisotopic (exact) mass is 358 g/mol. The zero-order chi connectivity index (χ0) is 18.5. The zero-order valence-corrected chi connectivity index (χ0v) is 15.3. The minimum atomic E-state index is -0.351. The van der Waals surface area contributed by atoms with E-state index in [0.29, 0.717) is 54.0 Å². The predicted octanol–water partition coefficient (Wildman–Crippen LogP) is 0.830. The lowest BCUT2D eigenvalue weighted by molar-refractivity contribution is 0.198. The number of aryl methyl sites for hydroxylation is 1. The molecule has 1 aliphatic heterocycles. The van der Waals surface area contributed by atoms with Gasteiger partial charge in [-0.2, -0.15) is 9.78 Å². The van der Waals surface area contributed by atoms with Crippen LogP contribution in [0.4, 0.5) is 5.82 Å². The molecule has 1 fully saturated rings. The number of rotatable bonds is 3. The number of anilines is 1. The van der Waals surface area contributed by atoms with E-state index in [2.05, 4.69) is 46.1 Å². The summed E-state index contributed by atoms with van der Waals surface area (Å²) in [5, 5.41) is 22.8. The third kappa shape index (κ3) is 3.12. The second kappa shape index (κ2) is 5.97. The quantitative estimate of drug-likeness (QED) is 0.726. The fraction of sp³-hybridized carbons (Fsp3) is 0.625. The number of fused-ring (bicyclic) bond motifs is 1. The van der Waals surface area contributed by atoms with Gasteiger partial charge in [-0.05, 0) is 6.42 Å². The van der Waals surface area contributed by atoms with E-state index in [1.165, 1.54) is 4.80 Å². The standard InChI is InChI=1S/C16H22N8O2/c1-9-17-11(22-26-9)8-24-20-12-13(21-24)18-15(16(2,3)4)19-14(12)23-6-5-10(25)7-23/h10,25H,5-8H2,1-4H3/t10-/m0/s1. The van der Waals surface area contributed by atoms with Gasteiger partial charge in [0, 0.05) is 25.4 Å². The number of hydrogen-bond acceptors (Lipinski definition) is 9. The Kier molecular flexibility index (Phi) is 3.87. The first-order chi connectivity index (χ1) is 12.3. The van der Waals surface area contributed by atoms with Gasteiger partial charge in [0.25, 0.3) is 0 Å². The van der Waals surface area contributed by atoms with Crippen LogP contribution in [-0.4, -0.2) is 59.4 Å². The Balaban J connectivity index is 1.78. The summed E-state index contributed by atoms with van der Waals surface area (Å²) in [7, 11) is 0. The first-order valence-corrected chi connectivity index (χ1v) is 8.65. The minimum Gasteiger partial charge on any atom is -0.391 e. The Morgan fingerprint density at radius 1 is 1.19 bits per heavy atom. The van der Waals surface area contributed by atoms with Crippen LogP contribution in [0.15, 0.2) is 4.52 Å².